The highest BCUT2D eigenvalue weighted by Gasteiger charge is 2.23. The van der Waals surface area contributed by atoms with Crippen LogP contribution in [0.4, 0.5) is 5.69 Å². The van der Waals surface area contributed by atoms with Gasteiger partial charge in [-0.2, -0.15) is 0 Å². The van der Waals surface area contributed by atoms with Crippen LogP contribution in [0.25, 0.3) is 0 Å². The lowest BCUT2D eigenvalue weighted by atomic mass is 10.1. The van der Waals surface area contributed by atoms with Gasteiger partial charge in [0, 0.05) is 45.0 Å². The Balaban J connectivity index is 1.37. The number of methoxy groups -OCH3 is 1. The summed E-state index contributed by atoms with van der Waals surface area (Å²) in [4.78, 5) is 6.79. The number of nitrogens with one attached hydrogen (secondary N) is 2. The van der Waals surface area contributed by atoms with Crippen molar-refractivity contribution >= 4 is 11.6 Å². The summed E-state index contributed by atoms with van der Waals surface area (Å²) in [5.74, 6) is 2.43. The van der Waals surface area contributed by atoms with Gasteiger partial charge in [-0.1, -0.05) is 36.4 Å². The van der Waals surface area contributed by atoms with Crippen molar-refractivity contribution in [1.29, 1.82) is 0 Å². The predicted molar refractivity (Wildman–Crippen MR) is 117 cm³/mol. The van der Waals surface area contributed by atoms with Gasteiger partial charge < -0.3 is 20.3 Å². The van der Waals surface area contributed by atoms with Crippen molar-refractivity contribution < 1.29 is 4.74 Å². The summed E-state index contributed by atoms with van der Waals surface area (Å²) in [7, 11) is 3.55. The van der Waals surface area contributed by atoms with Gasteiger partial charge in [0.05, 0.1) is 7.11 Å². The molecule has 0 aromatic heterocycles. The zero-order chi connectivity index (χ0) is 19.6. The molecule has 2 aromatic rings. The Hall–Kier alpha value is -2.69. The molecule has 0 spiro atoms. The van der Waals surface area contributed by atoms with Gasteiger partial charge in [0.25, 0.3) is 0 Å². The van der Waals surface area contributed by atoms with Crippen LogP contribution in [-0.4, -0.2) is 46.3 Å². The number of ether oxygens (including phenoxy) is 1. The van der Waals surface area contributed by atoms with Crippen LogP contribution in [0.15, 0.2) is 59.6 Å². The van der Waals surface area contributed by atoms with E-state index in [0.29, 0.717) is 5.92 Å². The molecule has 0 radical (unpaired) electrons. The van der Waals surface area contributed by atoms with Gasteiger partial charge in [-0.3, -0.25) is 4.99 Å². The monoisotopic (exact) mass is 380 g/mol. The molecule has 0 amide bonds. The Bertz CT molecular complexity index is 747. The van der Waals surface area contributed by atoms with Gasteiger partial charge in [0.15, 0.2) is 5.96 Å². The highest BCUT2D eigenvalue weighted by atomic mass is 16.5. The molecule has 0 aliphatic carbocycles. The Kier molecular flexibility index (Phi) is 7.59. The summed E-state index contributed by atoms with van der Waals surface area (Å²) in [6.07, 6.45) is 3.37. The SMILES string of the molecule is CN=C(NCCCc1ccccc1)NCC1CCN(c2cccc(OC)c2)C1. The summed E-state index contributed by atoms with van der Waals surface area (Å²) in [5, 5.41) is 6.92. The zero-order valence-electron chi connectivity index (χ0n) is 17.0. The maximum Gasteiger partial charge on any atom is 0.190 e. The van der Waals surface area contributed by atoms with E-state index in [-0.39, 0.29) is 0 Å². The molecule has 0 saturated carbocycles. The van der Waals surface area contributed by atoms with Crippen molar-refractivity contribution in [3.63, 3.8) is 0 Å². The van der Waals surface area contributed by atoms with Gasteiger partial charge in [-0.05, 0) is 42.9 Å². The Morgan fingerprint density at radius 3 is 2.79 bits per heavy atom. The van der Waals surface area contributed by atoms with E-state index >= 15 is 0 Å². The topological polar surface area (TPSA) is 48.9 Å². The maximum absolute atomic E-state index is 5.35. The molecule has 1 atom stereocenters. The molecule has 1 aliphatic heterocycles. The summed E-state index contributed by atoms with van der Waals surface area (Å²) < 4.78 is 5.35. The van der Waals surface area contributed by atoms with Crippen LogP contribution < -0.4 is 20.3 Å². The van der Waals surface area contributed by atoms with Crippen LogP contribution in [0.5, 0.6) is 5.75 Å². The molecule has 5 nitrogen and oxygen atoms in total. The number of guanidine groups is 1. The molecule has 1 saturated heterocycles. The summed E-state index contributed by atoms with van der Waals surface area (Å²) in [6.45, 7) is 4.02. The molecular weight excluding hydrogens is 348 g/mol. The smallest absolute Gasteiger partial charge is 0.190 e. The van der Waals surface area contributed by atoms with Gasteiger partial charge in [-0.15, -0.1) is 0 Å². The van der Waals surface area contributed by atoms with E-state index in [9.17, 15) is 0 Å². The standard InChI is InChI=1S/C23H32N4O/c1-24-23(25-14-7-10-19-8-4-3-5-9-19)26-17-20-13-15-27(18-20)21-11-6-12-22(16-21)28-2/h3-6,8-9,11-12,16,20H,7,10,13-15,17-18H2,1-2H3,(H2,24,25,26). The molecule has 2 aromatic carbocycles. The number of aryl methyl sites for hydroxylation is 1. The number of nitrogens with zero attached hydrogens (tertiary/aromatic N) is 2. The third kappa shape index (κ3) is 5.91. The summed E-state index contributed by atoms with van der Waals surface area (Å²) in [5.41, 5.74) is 2.63. The second kappa shape index (κ2) is 10.6. The average molecular weight is 381 g/mol. The van der Waals surface area contributed by atoms with Crippen molar-refractivity contribution in [2.24, 2.45) is 10.9 Å². The van der Waals surface area contributed by atoms with Gasteiger partial charge >= 0.3 is 0 Å². The van der Waals surface area contributed by atoms with Crippen LogP contribution in [0.2, 0.25) is 0 Å². The highest BCUT2D eigenvalue weighted by molar-refractivity contribution is 5.79. The van der Waals surface area contributed by atoms with Crippen LogP contribution in [0.1, 0.15) is 18.4 Å². The van der Waals surface area contributed by atoms with E-state index in [1.165, 1.54) is 17.7 Å². The molecule has 28 heavy (non-hydrogen) atoms. The molecule has 2 N–H and O–H groups in total. The molecule has 1 fully saturated rings. The molecule has 0 bridgehead atoms. The van der Waals surface area contributed by atoms with Crippen LogP contribution in [-0.2, 0) is 6.42 Å². The Morgan fingerprint density at radius 2 is 2.00 bits per heavy atom. The molecule has 1 aliphatic rings. The molecule has 3 rings (SSSR count). The first-order valence-electron chi connectivity index (χ1n) is 10.2. The number of hydrogen-bond acceptors (Lipinski definition) is 3. The molecular formula is C23H32N4O. The first kappa shape index (κ1) is 20.1. The summed E-state index contributed by atoms with van der Waals surface area (Å²) in [6, 6.07) is 18.9. The largest absolute Gasteiger partial charge is 0.497 e. The Morgan fingerprint density at radius 1 is 1.14 bits per heavy atom. The lowest BCUT2D eigenvalue weighted by Gasteiger charge is -2.20. The van der Waals surface area contributed by atoms with Crippen LogP contribution in [0.3, 0.4) is 0 Å². The quantitative estimate of drug-likeness (QED) is 0.419. The normalized spacial score (nSPS) is 16.9. The number of benzene rings is 2. The number of anilines is 1. The van der Waals surface area contributed by atoms with E-state index in [4.69, 9.17) is 4.74 Å². The minimum absolute atomic E-state index is 0.620. The minimum Gasteiger partial charge on any atom is -0.497 e. The fourth-order valence-corrected chi connectivity index (χ4v) is 3.65. The van der Waals surface area contributed by atoms with E-state index in [2.05, 4.69) is 69.1 Å². The number of rotatable bonds is 8. The number of aliphatic imine (C=N–C) groups is 1. The third-order valence-electron chi connectivity index (χ3n) is 5.26. The average Bonchev–Trinajstić information content (AvgIpc) is 3.23. The fourth-order valence-electron chi connectivity index (χ4n) is 3.65. The highest BCUT2D eigenvalue weighted by Crippen LogP contribution is 2.26. The van der Waals surface area contributed by atoms with Crippen molar-refractivity contribution in [1.82, 2.24) is 10.6 Å². The van der Waals surface area contributed by atoms with E-state index in [1.807, 2.05) is 13.1 Å². The Labute approximate surface area is 168 Å². The number of hydrogen-bond donors (Lipinski definition) is 2. The van der Waals surface area contributed by atoms with Crippen molar-refractivity contribution in [2.75, 3.05) is 45.2 Å². The third-order valence-corrected chi connectivity index (χ3v) is 5.26. The fraction of sp³-hybridized carbons (Fsp3) is 0.435. The molecule has 150 valence electrons. The first-order chi connectivity index (χ1) is 13.8. The predicted octanol–water partition coefficient (Wildman–Crippen LogP) is 3.32. The van der Waals surface area contributed by atoms with Gasteiger partial charge in [0.1, 0.15) is 5.75 Å². The van der Waals surface area contributed by atoms with Crippen molar-refractivity contribution in [3.05, 3.63) is 60.2 Å². The van der Waals surface area contributed by atoms with Crippen molar-refractivity contribution in [2.45, 2.75) is 19.3 Å². The molecule has 1 unspecified atom stereocenters. The van der Waals surface area contributed by atoms with Crippen LogP contribution in [0, 0.1) is 5.92 Å². The van der Waals surface area contributed by atoms with E-state index < -0.39 is 0 Å². The lowest BCUT2D eigenvalue weighted by molar-refractivity contribution is 0.415. The summed E-state index contributed by atoms with van der Waals surface area (Å²) >= 11 is 0. The second-order valence-corrected chi connectivity index (χ2v) is 7.27. The van der Waals surface area contributed by atoms with Crippen LogP contribution >= 0.6 is 0 Å². The molecule has 5 heteroatoms. The van der Waals surface area contributed by atoms with Crippen molar-refractivity contribution in [3.8, 4) is 5.75 Å². The lowest BCUT2D eigenvalue weighted by Crippen LogP contribution is -2.40. The van der Waals surface area contributed by atoms with E-state index in [0.717, 1.165) is 50.7 Å². The van der Waals surface area contributed by atoms with Gasteiger partial charge in [0.2, 0.25) is 0 Å². The second-order valence-electron chi connectivity index (χ2n) is 7.27. The maximum atomic E-state index is 5.35. The zero-order valence-corrected chi connectivity index (χ0v) is 17.0. The van der Waals surface area contributed by atoms with E-state index in [1.54, 1.807) is 7.11 Å². The molecule has 1 heterocycles. The first-order valence-corrected chi connectivity index (χ1v) is 10.2. The minimum atomic E-state index is 0.620. The van der Waals surface area contributed by atoms with Gasteiger partial charge in [-0.25, -0.2) is 0 Å².